The molecule has 1 N–H and O–H groups in total. The van der Waals surface area contributed by atoms with Crippen LogP contribution in [0.15, 0.2) is 42.7 Å². The number of nitrogens with one attached hydrogen (secondary N) is 1. The zero-order valence-corrected chi connectivity index (χ0v) is 16.5. The number of anilines is 2. The molecule has 1 aromatic carbocycles. The van der Waals surface area contributed by atoms with Crippen molar-refractivity contribution in [3.8, 4) is 5.75 Å². The molecule has 1 fully saturated rings. The molecular formula is C21H25N5O3. The van der Waals surface area contributed by atoms with E-state index in [-0.39, 0.29) is 24.3 Å². The fourth-order valence-corrected chi connectivity index (χ4v) is 3.83. The zero-order valence-electron chi connectivity index (χ0n) is 16.5. The second-order valence-corrected chi connectivity index (χ2v) is 7.37. The number of carbonyl (C=O) groups excluding carboxylic acids is 2. The molecule has 0 spiro atoms. The topological polar surface area (TPSA) is 87.7 Å². The highest BCUT2D eigenvalue weighted by atomic mass is 16.5. The molecule has 2 aliphatic rings. The van der Waals surface area contributed by atoms with Gasteiger partial charge in [-0.25, -0.2) is 9.97 Å². The summed E-state index contributed by atoms with van der Waals surface area (Å²) in [5, 5.41) is 3.10. The van der Waals surface area contributed by atoms with Gasteiger partial charge >= 0.3 is 0 Å². The van der Waals surface area contributed by atoms with Gasteiger partial charge in [-0.15, -0.1) is 0 Å². The van der Waals surface area contributed by atoms with Crippen LogP contribution in [0.5, 0.6) is 5.75 Å². The lowest BCUT2D eigenvalue weighted by atomic mass is 10.1. The Morgan fingerprint density at radius 2 is 2.03 bits per heavy atom. The van der Waals surface area contributed by atoms with Gasteiger partial charge in [0.05, 0.1) is 5.69 Å². The molecule has 0 aliphatic carbocycles. The lowest BCUT2D eigenvalue weighted by molar-refractivity contribution is -0.125. The molecule has 0 saturated carbocycles. The van der Waals surface area contributed by atoms with Crippen LogP contribution in [0.1, 0.15) is 26.2 Å². The highest BCUT2D eigenvalue weighted by Gasteiger charge is 2.31. The first-order chi connectivity index (χ1) is 14.1. The third-order valence-corrected chi connectivity index (χ3v) is 5.26. The number of hydrogen-bond acceptors (Lipinski definition) is 6. The summed E-state index contributed by atoms with van der Waals surface area (Å²) in [6.45, 7) is 3.63. The molecule has 152 valence electrons. The Hall–Kier alpha value is -3.16. The minimum Gasteiger partial charge on any atom is -0.479 e. The number of benzene rings is 1. The number of aromatic nitrogens is 2. The van der Waals surface area contributed by atoms with E-state index in [2.05, 4.69) is 20.2 Å². The van der Waals surface area contributed by atoms with Crippen LogP contribution in [0.2, 0.25) is 0 Å². The fourth-order valence-electron chi connectivity index (χ4n) is 3.83. The van der Waals surface area contributed by atoms with E-state index < -0.39 is 6.10 Å². The van der Waals surface area contributed by atoms with Crippen molar-refractivity contribution in [1.29, 1.82) is 0 Å². The molecule has 29 heavy (non-hydrogen) atoms. The minimum absolute atomic E-state index is 0.0478. The molecule has 3 heterocycles. The van der Waals surface area contributed by atoms with Gasteiger partial charge in [0.25, 0.3) is 5.91 Å². The van der Waals surface area contributed by atoms with E-state index >= 15 is 0 Å². The zero-order chi connectivity index (χ0) is 20.2. The summed E-state index contributed by atoms with van der Waals surface area (Å²) in [4.78, 5) is 37.4. The maximum absolute atomic E-state index is 12.6. The smallest absolute Gasteiger partial charge is 0.267 e. The molecule has 0 radical (unpaired) electrons. The van der Waals surface area contributed by atoms with Crippen LogP contribution in [0.4, 0.5) is 11.6 Å². The second-order valence-electron chi connectivity index (χ2n) is 7.37. The van der Waals surface area contributed by atoms with Gasteiger partial charge in [-0.05, 0) is 38.0 Å². The van der Waals surface area contributed by atoms with Crippen LogP contribution < -0.4 is 19.9 Å². The Bertz CT molecular complexity index is 876. The standard InChI is InChI=1S/C21H25N5O3/c1-15-20(28)26(17-7-2-3-8-18(17)29-15)13-9-19(27)24-16-6-4-12-25(14-16)21-22-10-5-11-23-21/h2-3,5,7-8,10-11,15-16H,4,6,9,12-14H2,1H3,(H,24,27). The highest BCUT2D eigenvalue weighted by Crippen LogP contribution is 2.33. The Kier molecular flexibility index (Phi) is 5.59. The monoisotopic (exact) mass is 395 g/mol. The lowest BCUT2D eigenvalue weighted by Crippen LogP contribution is -2.49. The molecule has 4 rings (SSSR count). The van der Waals surface area contributed by atoms with Gasteiger partial charge in [0.2, 0.25) is 11.9 Å². The number of amides is 2. The number of fused-ring (bicyclic) bond motifs is 1. The number of piperidine rings is 1. The molecule has 8 heteroatoms. The van der Waals surface area contributed by atoms with Gasteiger partial charge in [-0.1, -0.05) is 12.1 Å². The Morgan fingerprint density at radius 1 is 1.24 bits per heavy atom. The molecule has 2 unspecified atom stereocenters. The molecule has 0 bridgehead atoms. The van der Waals surface area contributed by atoms with Gasteiger partial charge in [0.1, 0.15) is 5.75 Å². The quantitative estimate of drug-likeness (QED) is 0.830. The molecular weight excluding hydrogens is 370 g/mol. The fraction of sp³-hybridized carbons (Fsp3) is 0.429. The van der Waals surface area contributed by atoms with E-state index in [1.54, 1.807) is 30.3 Å². The number of para-hydroxylation sites is 2. The van der Waals surface area contributed by atoms with Gasteiger partial charge < -0.3 is 19.9 Å². The summed E-state index contributed by atoms with van der Waals surface area (Å²) in [6.07, 6.45) is 5.03. The van der Waals surface area contributed by atoms with Crippen LogP contribution in [0, 0.1) is 0 Å². The van der Waals surface area contributed by atoms with E-state index in [1.165, 1.54) is 0 Å². The molecule has 2 aliphatic heterocycles. The van der Waals surface area contributed by atoms with Crippen molar-refractivity contribution in [2.45, 2.75) is 38.3 Å². The van der Waals surface area contributed by atoms with Crippen molar-refractivity contribution in [3.63, 3.8) is 0 Å². The Morgan fingerprint density at radius 3 is 2.86 bits per heavy atom. The largest absolute Gasteiger partial charge is 0.479 e. The number of ether oxygens (including phenoxy) is 1. The summed E-state index contributed by atoms with van der Waals surface area (Å²) in [5.41, 5.74) is 0.716. The molecule has 2 amide bonds. The first-order valence-electron chi connectivity index (χ1n) is 10.00. The lowest BCUT2D eigenvalue weighted by Gasteiger charge is -2.34. The van der Waals surface area contributed by atoms with Crippen LogP contribution in [0.3, 0.4) is 0 Å². The molecule has 2 atom stereocenters. The van der Waals surface area contributed by atoms with Crippen molar-refractivity contribution in [2.24, 2.45) is 0 Å². The number of nitrogens with zero attached hydrogens (tertiary/aromatic N) is 4. The maximum atomic E-state index is 12.6. The summed E-state index contributed by atoms with van der Waals surface area (Å²) in [6, 6.07) is 9.26. The van der Waals surface area contributed by atoms with E-state index in [4.69, 9.17) is 4.74 Å². The van der Waals surface area contributed by atoms with E-state index in [0.717, 1.165) is 19.4 Å². The Labute approximate surface area is 169 Å². The van der Waals surface area contributed by atoms with Crippen molar-refractivity contribution >= 4 is 23.5 Å². The Balaban J connectivity index is 1.34. The van der Waals surface area contributed by atoms with Gasteiger partial charge in [-0.2, -0.15) is 0 Å². The van der Waals surface area contributed by atoms with E-state index in [9.17, 15) is 9.59 Å². The van der Waals surface area contributed by atoms with Gasteiger partial charge in [0.15, 0.2) is 6.10 Å². The number of carbonyl (C=O) groups is 2. The third-order valence-electron chi connectivity index (χ3n) is 5.26. The van der Waals surface area contributed by atoms with Crippen LogP contribution in [-0.4, -0.2) is 53.6 Å². The van der Waals surface area contributed by atoms with Gasteiger partial charge in [0, 0.05) is 44.5 Å². The average molecular weight is 395 g/mol. The summed E-state index contributed by atoms with van der Waals surface area (Å²) >= 11 is 0. The maximum Gasteiger partial charge on any atom is 0.267 e. The van der Waals surface area contributed by atoms with Crippen molar-refractivity contribution in [1.82, 2.24) is 15.3 Å². The highest BCUT2D eigenvalue weighted by molar-refractivity contribution is 6.00. The SMILES string of the molecule is CC1Oc2ccccc2N(CCC(=O)NC2CCCN(c3ncccn3)C2)C1=O. The van der Waals surface area contributed by atoms with E-state index in [0.29, 0.717) is 30.5 Å². The van der Waals surface area contributed by atoms with Crippen LogP contribution in [0.25, 0.3) is 0 Å². The van der Waals surface area contributed by atoms with Gasteiger partial charge in [-0.3, -0.25) is 9.59 Å². The van der Waals surface area contributed by atoms with Crippen molar-refractivity contribution in [3.05, 3.63) is 42.7 Å². The summed E-state index contributed by atoms with van der Waals surface area (Å²) in [5.74, 6) is 1.18. The average Bonchev–Trinajstić information content (AvgIpc) is 2.75. The molecule has 8 nitrogen and oxygen atoms in total. The van der Waals surface area contributed by atoms with E-state index in [1.807, 2.05) is 24.3 Å². The molecule has 1 aromatic heterocycles. The molecule has 1 saturated heterocycles. The number of rotatable bonds is 5. The van der Waals surface area contributed by atoms with Crippen LogP contribution in [-0.2, 0) is 9.59 Å². The predicted molar refractivity (Wildman–Crippen MR) is 109 cm³/mol. The summed E-state index contributed by atoms with van der Waals surface area (Å²) < 4.78 is 5.65. The van der Waals surface area contributed by atoms with Crippen molar-refractivity contribution < 1.29 is 14.3 Å². The third kappa shape index (κ3) is 4.31. The first-order valence-corrected chi connectivity index (χ1v) is 10.00. The first kappa shape index (κ1) is 19.2. The molecule has 2 aromatic rings. The summed E-state index contributed by atoms with van der Waals surface area (Å²) in [7, 11) is 0. The minimum atomic E-state index is -0.550. The predicted octanol–water partition coefficient (Wildman–Crippen LogP) is 1.77. The van der Waals surface area contributed by atoms with Crippen molar-refractivity contribution in [2.75, 3.05) is 29.4 Å². The number of hydrogen-bond donors (Lipinski definition) is 1. The normalized spacial score (nSPS) is 21.3. The second kappa shape index (κ2) is 8.46. The van der Waals surface area contributed by atoms with Crippen LogP contribution >= 0.6 is 0 Å².